The lowest BCUT2D eigenvalue weighted by atomic mass is 10.3. The van der Waals surface area contributed by atoms with Gasteiger partial charge in [-0.2, -0.15) is 0 Å². The topological polar surface area (TPSA) is 115 Å². The largest absolute Gasteiger partial charge is 0.486 e. The third-order valence-corrected chi connectivity index (χ3v) is 6.77. The Morgan fingerprint density at radius 2 is 1.56 bits per heavy atom. The molecule has 1 aromatic heterocycles. The van der Waals surface area contributed by atoms with Crippen molar-refractivity contribution in [1.29, 1.82) is 0 Å². The second-order valence-electron chi connectivity index (χ2n) is 7.87. The quantitative estimate of drug-likeness (QED) is 0.546. The molecular weight excluding hydrogens is 458 g/mol. The number of fused-ring (bicyclic) bond motifs is 1. The molecule has 2 aromatic carbocycles. The standard InChI is InChI=1S/C23H25N5O5S/c1-16-24-22(15-23(25-16)28-8-10-31-11-9-28)26-17-2-4-18(5-3-17)27-34(29,30)19-6-7-20-21(14-19)33-13-12-32-20/h2-7,14-15,27H,8-13H2,1H3,(H,24,25,26). The summed E-state index contributed by atoms with van der Waals surface area (Å²) in [6.07, 6.45) is 0. The first-order valence-electron chi connectivity index (χ1n) is 10.9. The minimum absolute atomic E-state index is 0.103. The maximum absolute atomic E-state index is 12.8. The van der Waals surface area contributed by atoms with Crippen LogP contribution in [0.25, 0.3) is 0 Å². The van der Waals surface area contributed by atoms with Crippen LogP contribution in [0.15, 0.2) is 53.4 Å². The van der Waals surface area contributed by atoms with Crippen LogP contribution >= 0.6 is 0 Å². The average molecular weight is 484 g/mol. The van der Waals surface area contributed by atoms with E-state index in [0.29, 0.717) is 55.3 Å². The lowest BCUT2D eigenvalue weighted by molar-refractivity contribution is 0.122. The molecule has 2 N–H and O–H groups in total. The molecule has 0 unspecified atom stereocenters. The number of rotatable bonds is 6. The molecule has 0 bridgehead atoms. The molecule has 10 nitrogen and oxygen atoms in total. The van der Waals surface area contributed by atoms with Crippen molar-refractivity contribution in [3.05, 3.63) is 54.4 Å². The highest BCUT2D eigenvalue weighted by atomic mass is 32.2. The fourth-order valence-corrected chi connectivity index (χ4v) is 4.82. The van der Waals surface area contributed by atoms with E-state index >= 15 is 0 Å². The van der Waals surface area contributed by atoms with E-state index in [1.165, 1.54) is 12.1 Å². The highest BCUT2D eigenvalue weighted by molar-refractivity contribution is 7.92. The van der Waals surface area contributed by atoms with Gasteiger partial charge in [0, 0.05) is 36.6 Å². The molecular formula is C23H25N5O5S. The summed E-state index contributed by atoms with van der Waals surface area (Å²) in [6.45, 7) is 5.61. The van der Waals surface area contributed by atoms with Crippen LogP contribution in [-0.4, -0.2) is 57.9 Å². The number of aryl methyl sites for hydroxylation is 1. The predicted molar refractivity (Wildman–Crippen MR) is 128 cm³/mol. The minimum Gasteiger partial charge on any atom is -0.486 e. The third kappa shape index (κ3) is 5.00. The molecule has 1 saturated heterocycles. The highest BCUT2D eigenvalue weighted by Gasteiger charge is 2.20. The van der Waals surface area contributed by atoms with Crippen LogP contribution in [0.1, 0.15) is 5.82 Å². The number of hydrogen-bond donors (Lipinski definition) is 2. The number of morpholine rings is 1. The van der Waals surface area contributed by atoms with E-state index in [0.717, 1.165) is 24.6 Å². The van der Waals surface area contributed by atoms with Crippen molar-refractivity contribution < 1.29 is 22.6 Å². The maximum atomic E-state index is 12.8. The summed E-state index contributed by atoms with van der Waals surface area (Å²) in [7, 11) is -3.78. The zero-order valence-corrected chi connectivity index (χ0v) is 19.5. The van der Waals surface area contributed by atoms with Gasteiger partial charge in [-0.15, -0.1) is 0 Å². The monoisotopic (exact) mass is 483 g/mol. The van der Waals surface area contributed by atoms with Crippen molar-refractivity contribution in [2.45, 2.75) is 11.8 Å². The predicted octanol–water partition coefficient (Wildman–Crippen LogP) is 2.94. The van der Waals surface area contributed by atoms with Gasteiger partial charge in [0.2, 0.25) is 0 Å². The van der Waals surface area contributed by atoms with Gasteiger partial charge < -0.3 is 24.4 Å². The summed E-state index contributed by atoms with van der Waals surface area (Å²) < 4.78 is 44.6. The summed E-state index contributed by atoms with van der Waals surface area (Å²) in [5.41, 5.74) is 1.21. The van der Waals surface area contributed by atoms with Crippen LogP contribution in [-0.2, 0) is 14.8 Å². The Bertz CT molecular complexity index is 1280. The van der Waals surface area contributed by atoms with E-state index in [2.05, 4.69) is 24.9 Å². The molecule has 0 aliphatic carbocycles. The molecule has 178 valence electrons. The van der Waals surface area contributed by atoms with Crippen LogP contribution in [0.4, 0.5) is 23.0 Å². The Morgan fingerprint density at radius 1 is 0.853 bits per heavy atom. The van der Waals surface area contributed by atoms with Gasteiger partial charge in [0.25, 0.3) is 10.0 Å². The van der Waals surface area contributed by atoms with Gasteiger partial charge in [0.05, 0.1) is 18.1 Å². The molecule has 2 aliphatic rings. The number of nitrogens with one attached hydrogen (secondary N) is 2. The van der Waals surface area contributed by atoms with Crippen molar-refractivity contribution in [2.24, 2.45) is 0 Å². The van der Waals surface area contributed by atoms with Crippen molar-refractivity contribution >= 4 is 33.0 Å². The van der Waals surface area contributed by atoms with Crippen molar-refractivity contribution in [2.75, 3.05) is 54.5 Å². The molecule has 0 amide bonds. The van der Waals surface area contributed by atoms with Crippen molar-refractivity contribution in [3.63, 3.8) is 0 Å². The molecule has 34 heavy (non-hydrogen) atoms. The molecule has 0 saturated carbocycles. The summed E-state index contributed by atoms with van der Waals surface area (Å²) >= 11 is 0. The van der Waals surface area contributed by atoms with Crippen molar-refractivity contribution in [3.8, 4) is 11.5 Å². The van der Waals surface area contributed by atoms with Gasteiger partial charge >= 0.3 is 0 Å². The van der Waals surface area contributed by atoms with Crippen molar-refractivity contribution in [1.82, 2.24) is 9.97 Å². The number of anilines is 4. The molecule has 3 aromatic rings. The normalized spacial score (nSPS) is 15.6. The zero-order valence-electron chi connectivity index (χ0n) is 18.7. The molecule has 0 radical (unpaired) electrons. The zero-order chi connectivity index (χ0) is 23.5. The number of nitrogens with zero attached hydrogens (tertiary/aromatic N) is 3. The summed E-state index contributed by atoms with van der Waals surface area (Å²) in [4.78, 5) is 11.3. The lowest BCUT2D eigenvalue weighted by Gasteiger charge is -2.28. The number of sulfonamides is 1. The molecule has 0 spiro atoms. The van der Waals surface area contributed by atoms with Crippen LogP contribution in [0.3, 0.4) is 0 Å². The summed E-state index contributed by atoms with van der Waals surface area (Å²) in [5.74, 6) is 3.14. The number of hydrogen-bond acceptors (Lipinski definition) is 9. The number of aromatic nitrogens is 2. The molecule has 0 atom stereocenters. The van der Waals surface area contributed by atoms with E-state index in [4.69, 9.17) is 14.2 Å². The summed E-state index contributed by atoms with van der Waals surface area (Å²) in [5, 5.41) is 3.26. The van der Waals surface area contributed by atoms with Gasteiger partial charge in [-0.3, -0.25) is 4.72 Å². The first-order valence-corrected chi connectivity index (χ1v) is 12.4. The molecule has 3 heterocycles. The Morgan fingerprint density at radius 3 is 2.32 bits per heavy atom. The van der Waals surface area contributed by atoms with E-state index in [1.807, 2.05) is 13.0 Å². The maximum Gasteiger partial charge on any atom is 0.262 e. The Kier molecular flexibility index (Phi) is 6.12. The Balaban J connectivity index is 1.28. The lowest BCUT2D eigenvalue weighted by Crippen LogP contribution is -2.36. The van der Waals surface area contributed by atoms with E-state index < -0.39 is 10.0 Å². The molecule has 1 fully saturated rings. The first-order chi connectivity index (χ1) is 16.5. The average Bonchev–Trinajstić information content (AvgIpc) is 2.85. The second-order valence-corrected chi connectivity index (χ2v) is 9.55. The minimum atomic E-state index is -3.78. The molecule has 2 aliphatic heterocycles. The van der Waals surface area contributed by atoms with Gasteiger partial charge in [-0.25, -0.2) is 18.4 Å². The van der Waals surface area contributed by atoms with E-state index in [1.54, 1.807) is 30.3 Å². The highest BCUT2D eigenvalue weighted by Crippen LogP contribution is 2.33. The SMILES string of the molecule is Cc1nc(Nc2ccc(NS(=O)(=O)c3ccc4c(c3)OCCO4)cc2)cc(N2CCOCC2)n1. The number of ether oxygens (including phenoxy) is 3. The fourth-order valence-electron chi connectivity index (χ4n) is 3.74. The smallest absolute Gasteiger partial charge is 0.262 e. The summed E-state index contributed by atoms with van der Waals surface area (Å²) in [6, 6.07) is 13.4. The second kappa shape index (κ2) is 9.35. The third-order valence-electron chi connectivity index (χ3n) is 5.39. The Hall–Kier alpha value is -3.57. The van der Waals surface area contributed by atoms with Gasteiger partial charge in [-0.05, 0) is 43.3 Å². The van der Waals surface area contributed by atoms with Gasteiger partial charge in [0.1, 0.15) is 30.7 Å². The van der Waals surface area contributed by atoms with Crippen LogP contribution in [0.5, 0.6) is 11.5 Å². The number of benzene rings is 2. The van der Waals surface area contributed by atoms with E-state index in [9.17, 15) is 8.42 Å². The van der Waals surface area contributed by atoms with Crippen LogP contribution < -0.4 is 24.4 Å². The molecule has 5 rings (SSSR count). The van der Waals surface area contributed by atoms with Crippen LogP contribution in [0, 0.1) is 6.92 Å². The van der Waals surface area contributed by atoms with Gasteiger partial charge in [0.15, 0.2) is 11.5 Å². The Labute approximate surface area is 197 Å². The van der Waals surface area contributed by atoms with Gasteiger partial charge in [-0.1, -0.05) is 0 Å². The molecule has 11 heteroatoms. The first kappa shape index (κ1) is 22.2. The van der Waals surface area contributed by atoms with E-state index in [-0.39, 0.29) is 4.90 Å². The van der Waals surface area contributed by atoms with Crippen LogP contribution in [0.2, 0.25) is 0 Å². The fraction of sp³-hybridized carbons (Fsp3) is 0.304.